The van der Waals surface area contributed by atoms with Crippen LogP contribution in [0.1, 0.15) is 30.5 Å². The molecule has 14 heteroatoms. The molecule has 1 atom stereocenters. The highest BCUT2D eigenvalue weighted by molar-refractivity contribution is 6.06. The van der Waals surface area contributed by atoms with Gasteiger partial charge in [0.15, 0.2) is 0 Å². The molecule has 0 bridgehead atoms. The lowest BCUT2D eigenvalue weighted by Crippen LogP contribution is -2.40. The number of amides is 1. The number of aliphatic imine (C=N–C) groups is 1. The van der Waals surface area contributed by atoms with Crippen LogP contribution in [0.2, 0.25) is 0 Å². The standard InChI is InChI=1S/C28H24N4O10/c33-13-17-14-40-28(39)27(18(17)10-20-26-16(11-29-20)9-15-3-1-2-4-19(15)31-26)41-25(38)12-30-21(34)5-8-24(37)42-32-22(35)6-7-23(32)36/h1-4,6-7,9,13,27,35-36H,5,8,10-12,14H2,(H,30,34). The van der Waals surface area contributed by atoms with Gasteiger partial charge < -0.3 is 29.8 Å². The van der Waals surface area contributed by atoms with Crippen molar-refractivity contribution in [3.63, 3.8) is 0 Å². The molecule has 0 saturated carbocycles. The number of aromatic nitrogens is 2. The van der Waals surface area contributed by atoms with Crippen LogP contribution in [0.25, 0.3) is 10.9 Å². The Labute approximate surface area is 237 Å². The molecule has 0 radical (unpaired) electrons. The highest BCUT2D eigenvalue weighted by atomic mass is 16.7. The molecule has 5 rings (SSSR count). The number of carbonyl (C=O) groups excluding carboxylic acids is 5. The number of benzene rings is 1. The summed E-state index contributed by atoms with van der Waals surface area (Å²) in [5, 5.41) is 22.2. The van der Waals surface area contributed by atoms with E-state index >= 15 is 0 Å². The first-order chi connectivity index (χ1) is 20.2. The fourth-order valence-corrected chi connectivity index (χ4v) is 4.46. The fraction of sp³-hybridized carbons (Fsp3) is 0.250. The zero-order chi connectivity index (χ0) is 29.8. The number of hydrogen-bond acceptors (Lipinski definition) is 12. The quantitative estimate of drug-likeness (QED) is 0.226. The summed E-state index contributed by atoms with van der Waals surface area (Å²) in [6.07, 6.45) is -1.81. The molecule has 4 heterocycles. The van der Waals surface area contributed by atoms with Gasteiger partial charge in [-0.2, -0.15) is 0 Å². The molecule has 3 aromatic rings. The molecule has 0 aliphatic carbocycles. The lowest BCUT2D eigenvalue weighted by molar-refractivity contribution is -0.165. The van der Waals surface area contributed by atoms with E-state index in [0.29, 0.717) is 29.0 Å². The number of aldehydes is 1. The molecule has 42 heavy (non-hydrogen) atoms. The SMILES string of the molecule is O=CC1=C(CC2=NCc3cc4ccccc4nc32)C(OC(=O)CNC(=O)CCC(=O)On2c(O)ccc2O)C(=O)OC1. The summed E-state index contributed by atoms with van der Waals surface area (Å²) in [7, 11) is 0. The van der Waals surface area contributed by atoms with Crippen LogP contribution in [0.4, 0.5) is 0 Å². The number of ether oxygens (including phenoxy) is 2. The van der Waals surface area contributed by atoms with E-state index in [1.807, 2.05) is 30.3 Å². The second kappa shape index (κ2) is 11.9. The van der Waals surface area contributed by atoms with Crippen LogP contribution in [0.5, 0.6) is 11.8 Å². The van der Waals surface area contributed by atoms with Crippen molar-refractivity contribution in [2.24, 2.45) is 4.99 Å². The van der Waals surface area contributed by atoms with Crippen molar-refractivity contribution in [2.75, 3.05) is 13.2 Å². The van der Waals surface area contributed by atoms with Gasteiger partial charge in [-0.1, -0.05) is 18.2 Å². The van der Waals surface area contributed by atoms with Gasteiger partial charge in [0.2, 0.25) is 23.8 Å². The number of aromatic hydroxyl groups is 2. The molecule has 0 fully saturated rings. The second-order valence-corrected chi connectivity index (χ2v) is 9.36. The van der Waals surface area contributed by atoms with Crippen LogP contribution in [0.15, 0.2) is 58.6 Å². The number of esters is 2. The number of cyclic esters (lactones) is 1. The molecular weight excluding hydrogens is 552 g/mol. The van der Waals surface area contributed by atoms with Gasteiger partial charge >= 0.3 is 17.9 Å². The molecule has 1 aromatic carbocycles. The number of para-hydroxylation sites is 1. The highest BCUT2D eigenvalue weighted by Gasteiger charge is 2.37. The van der Waals surface area contributed by atoms with Crippen molar-refractivity contribution in [3.05, 3.63) is 64.9 Å². The minimum atomic E-state index is -1.53. The number of rotatable bonds is 10. The molecule has 3 N–H and O–H groups in total. The minimum Gasteiger partial charge on any atom is -0.492 e. The number of pyridine rings is 1. The van der Waals surface area contributed by atoms with E-state index in [9.17, 15) is 34.2 Å². The summed E-state index contributed by atoms with van der Waals surface area (Å²) < 4.78 is 10.8. The number of nitrogens with one attached hydrogen (secondary N) is 1. The number of fused-ring (bicyclic) bond motifs is 2. The van der Waals surface area contributed by atoms with Crippen molar-refractivity contribution in [1.29, 1.82) is 0 Å². The van der Waals surface area contributed by atoms with Gasteiger partial charge in [-0.25, -0.2) is 14.6 Å². The summed E-state index contributed by atoms with van der Waals surface area (Å²) in [5.74, 6) is -4.55. The average Bonchev–Trinajstić information content (AvgIpc) is 3.52. The Balaban J connectivity index is 1.19. The summed E-state index contributed by atoms with van der Waals surface area (Å²) in [6, 6.07) is 11.7. The van der Waals surface area contributed by atoms with E-state index in [-0.39, 0.29) is 30.6 Å². The maximum atomic E-state index is 12.6. The third-order valence-corrected chi connectivity index (χ3v) is 6.56. The number of nitrogens with zero attached hydrogens (tertiary/aromatic N) is 3. The van der Waals surface area contributed by atoms with Crippen LogP contribution < -0.4 is 10.2 Å². The largest absolute Gasteiger partial charge is 0.492 e. The Morgan fingerprint density at radius 3 is 2.62 bits per heavy atom. The Hall–Kier alpha value is -5.53. The lowest BCUT2D eigenvalue weighted by atomic mass is 9.94. The van der Waals surface area contributed by atoms with Crippen LogP contribution in [0.3, 0.4) is 0 Å². The topological polar surface area (TPSA) is 196 Å². The zero-order valence-corrected chi connectivity index (χ0v) is 21.9. The van der Waals surface area contributed by atoms with Crippen molar-refractivity contribution >= 4 is 46.7 Å². The average molecular weight is 577 g/mol. The van der Waals surface area contributed by atoms with Crippen LogP contribution in [0, 0.1) is 0 Å². The predicted molar refractivity (Wildman–Crippen MR) is 142 cm³/mol. The molecule has 2 aliphatic rings. The Morgan fingerprint density at radius 1 is 1.10 bits per heavy atom. The molecule has 1 unspecified atom stereocenters. The molecule has 14 nitrogen and oxygen atoms in total. The van der Waals surface area contributed by atoms with E-state index in [0.717, 1.165) is 28.6 Å². The normalized spacial score (nSPS) is 16.0. The van der Waals surface area contributed by atoms with E-state index in [4.69, 9.17) is 19.3 Å². The van der Waals surface area contributed by atoms with Gasteiger partial charge in [0.05, 0.1) is 29.9 Å². The van der Waals surface area contributed by atoms with Gasteiger partial charge in [-0.3, -0.25) is 19.4 Å². The molecule has 0 saturated heterocycles. The second-order valence-electron chi connectivity index (χ2n) is 9.36. The summed E-state index contributed by atoms with van der Waals surface area (Å²) >= 11 is 0. The lowest BCUT2D eigenvalue weighted by Gasteiger charge is -2.25. The molecule has 2 aliphatic heterocycles. The molecule has 1 amide bonds. The summed E-state index contributed by atoms with van der Waals surface area (Å²) in [5.41, 5.74) is 3.14. The van der Waals surface area contributed by atoms with Crippen molar-refractivity contribution < 1.29 is 48.5 Å². The molecule has 216 valence electrons. The van der Waals surface area contributed by atoms with Gasteiger partial charge in [-0.15, -0.1) is 4.73 Å². The number of hydrogen-bond donors (Lipinski definition) is 3. The third kappa shape index (κ3) is 5.96. The van der Waals surface area contributed by atoms with Gasteiger partial charge in [-0.05, 0) is 17.7 Å². The van der Waals surface area contributed by atoms with Gasteiger partial charge in [0.1, 0.15) is 19.4 Å². The Bertz CT molecular complexity index is 1650. The van der Waals surface area contributed by atoms with Gasteiger partial charge in [0, 0.05) is 41.5 Å². The Kier molecular flexibility index (Phi) is 7.95. The minimum absolute atomic E-state index is 0.0143. The third-order valence-electron chi connectivity index (χ3n) is 6.56. The van der Waals surface area contributed by atoms with Crippen LogP contribution in [-0.2, 0) is 40.0 Å². The first-order valence-electron chi connectivity index (χ1n) is 12.8. The fourth-order valence-electron chi connectivity index (χ4n) is 4.46. The predicted octanol–water partition coefficient (Wildman–Crippen LogP) is 0.656. The van der Waals surface area contributed by atoms with Crippen molar-refractivity contribution in [2.45, 2.75) is 31.9 Å². The summed E-state index contributed by atoms with van der Waals surface area (Å²) in [6.45, 7) is -0.561. The Morgan fingerprint density at radius 2 is 1.86 bits per heavy atom. The van der Waals surface area contributed by atoms with E-state index in [2.05, 4.69) is 10.3 Å². The number of carbonyl (C=O) groups is 5. The maximum absolute atomic E-state index is 12.6. The first kappa shape index (κ1) is 28.0. The summed E-state index contributed by atoms with van der Waals surface area (Å²) in [4.78, 5) is 75.0. The van der Waals surface area contributed by atoms with E-state index in [1.165, 1.54) is 0 Å². The maximum Gasteiger partial charge on any atom is 0.352 e. The smallest absolute Gasteiger partial charge is 0.352 e. The van der Waals surface area contributed by atoms with Gasteiger partial charge in [0.25, 0.3) is 0 Å². The monoisotopic (exact) mass is 576 g/mol. The first-order valence-corrected chi connectivity index (χ1v) is 12.8. The molecule has 0 spiro atoms. The molecule has 2 aromatic heterocycles. The van der Waals surface area contributed by atoms with E-state index in [1.54, 1.807) is 0 Å². The van der Waals surface area contributed by atoms with Crippen molar-refractivity contribution in [1.82, 2.24) is 15.0 Å². The van der Waals surface area contributed by atoms with Crippen molar-refractivity contribution in [3.8, 4) is 11.8 Å². The zero-order valence-electron chi connectivity index (χ0n) is 21.9. The van der Waals surface area contributed by atoms with E-state index < -0.39 is 54.6 Å². The van der Waals surface area contributed by atoms with Crippen LogP contribution in [-0.4, -0.2) is 75.0 Å². The highest BCUT2D eigenvalue weighted by Crippen LogP contribution is 2.29. The van der Waals surface area contributed by atoms with Crippen LogP contribution >= 0.6 is 0 Å². The molecular formula is C28H24N4O10.